The van der Waals surface area contributed by atoms with Crippen LogP contribution in [-0.4, -0.2) is 23.1 Å². The van der Waals surface area contributed by atoms with Crippen LogP contribution in [0, 0.1) is 0 Å². The minimum absolute atomic E-state index is 0.319. The van der Waals surface area contributed by atoms with Crippen molar-refractivity contribution in [2.24, 2.45) is 0 Å². The fraction of sp³-hybridized carbons (Fsp3) is 0. The van der Waals surface area contributed by atoms with Crippen LogP contribution in [0.5, 0.6) is 0 Å². The Balaban J connectivity index is 0.000000157. The summed E-state index contributed by atoms with van der Waals surface area (Å²) in [6.07, 6.45) is 0. The quantitative estimate of drug-likeness (QED) is 0.266. The number of Topliss-reactive ketones (excluding diaryl/α,β-unsaturated/α-hetero) is 4. The molecule has 4 nitrogen and oxygen atoms in total. The van der Waals surface area contributed by atoms with Gasteiger partial charge in [-0.1, -0.05) is 59.6 Å². The molecule has 1 aliphatic rings. The molecule has 0 aromatic heterocycles. The zero-order chi connectivity index (χ0) is 22.8. The molecule has 1 aliphatic carbocycles. The van der Waals surface area contributed by atoms with Crippen molar-refractivity contribution in [1.29, 1.82) is 0 Å². The Morgan fingerprint density at radius 3 is 1.28 bits per heavy atom. The maximum atomic E-state index is 11.9. The second-order valence-electron chi connectivity index (χ2n) is 7.04. The van der Waals surface area contributed by atoms with Gasteiger partial charge in [-0.3, -0.25) is 19.2 Å². The van der Waals surface area contributed by atoms with Crippen LogP contribution in [0.15, 0.2) is 84.9 Å². The normalized spacial score (nSPS) is 11.8. The number of benzene rings is 4. The minimum Gasteiger partial charge on any atom is -0.285 e. The Kier molecular flexibility index (Phi) is 5.99. The molecule has 0 saturated carbocycles. The van der Waals surface area contributed by atoms with Crippen molar-refractivity contribution < 1.29 is 19.2 Å². The Bertz CT molecular complexity index is 1280. The van der Waals surface area contributed by atoms with Gasteiger partial charge in [-0.15, -0.1) is 0 Å². The smallest absolute Gasteiger partial charge is 0.234 e. The van der Waals surface area contributed by atoms with Crippen LogP contribution >= 0.6 is 23.2 Å². The third-order valence-electron chi connectivity index (χ3n) is 5.02. The number of halogens is 2. The van der Waals surface area contributed by atoms with E-state index in [2.05, 4.69) is 0 Å². The van der Waals surface area contributed by atoms with E-state index in [4.69, 9.17) is 23.2 Å². The fourth-order valence-corrected chi connectivity index (χ4v) is 3.68. The van der Waals surface area contributed by atoms with E-state index in [0.29, 0.717) is 32.3 Å². The molecule has 0 saturated heterocycles. The lowest BCUT2D eigenvalue weighted by atomic mass is 10.0. The Morgan fingerprint density at radius 2 is 0.906 bits per heavy atom. The average Bonchev–Trinajstić information content (AvgIpc) is 3.07. The number of hydrogen-bond donors (Lipinski definition) is 0. The summed E-state index contributed by atoms with van der Waals surface area (Å²) in [5, 5.41) is 2.81. The van der Waals surface area contributed by atoms with E-state index in [1.807, 2.05) is 12.1 Å². The van der Waals surface area contributed by atoms with Crippen LogP contribution in [0.1, 0.15) is 41.4 Å². The molecule has 6 heteroatoms. The summed E-state index contributed by atoms with van der Waals surface area (Å²) in [7, 11) is 0. The molecule has 0 N–H and O–H groups in total. The van der Waals surface area contributed by atoms with Gasteiger partial charge in [0.25, 0.3) is 0 Å². The van der Waals surface area contributed by atoms with Crippen molar-refractivity contribution >= 4 is 57.1 Å². The van der Waals surface area contributed by atoms with Crippen LogP contribution in [0.3, 0.4) is 0 Å². The predicted molar refractivity (Wildman–Crippen MR) is 124 cm³/mol. The van der Waals surface area contributed by atoms with Gasteiger partial charge in [0.2, 0.25) is 23.1 Å². The van der Waals surface area contributed by atoms with Gasteiger partial charge in [-0.05, 0) is 53.9 Å². The van der Waals surface area contributed by atoms with E-state index in [0.717, 1.165) is 10.8 Å². The molecule has 0 bridgehead atoms. The van der Waals surface area contributed by atoms with Gasteiger partial charge in [0.05, 0.1) is 0 Å². The summed E-state index contributed by atoms with van der Waals surface area (Å²) in [6.45, 7) is 0. The number of carbonyl (C=O) groups is 4. The maximum Gasteiger partial charge on any atom is 0.234 e. The van der Waals surface area contributed by atoms with Crippen LogP contribution in [0.25, 0.3) is 10.8 Å². The van der Waals surface area contributed by atoms with Crippen molar-refractivity contribution in [2.75, 3.05) is 0 Å². The van der Waals surface area contributed by atoms with Crippen LogP contribution in [0.4, 0.5) is 0 Å². The Hall–Kier alpha value is -3.60. The molecular formula is C26H14Cl2O4. The third kappa shape index (κ3) is 4.11. The molecule has 0 heterocycles. The highest BCUT2D eigenvalue weighted by Gasteiger charge is 2.29. The zero-order valence-electron chi connectivity index (χ0n) is 16.5. The SMILES string of the molecule is O=C(C(=O)c1ccc(Cl)cc1)c1ccc(Cl)cc1.O=C1C(=O)c2cccc3cccc1c23. The second kappa shape index (κ2) is 8.87. The number of rotatable bonds is 3. The topological polar surface area (TPSA) is 68.3 Å². The molecule has 4 aromatic carbocycles. The molecule has 0 unspecified atom stereocenters. The van der Waals surface area contributed by atoms with Gasteiger partial charge in [0.15, 0.2) is 0 Å². The van der Waals surface area contributed by atoms with E-state index in [1.54, 1.807) is 48.5 Å². The van der Waals surface area contributed by atoms with Crippen LogP contribution in [0.2, 0.25) is 10.0 Å². The number of ketones is 4. The van der Waals surface area contributed by atoms with Crippen molar-refractivity contribution in [3.63, 3.8) is 0 Å². The highest BCUT2D eigenvalue weighted by Crippen LogP contribution is 2.30. The fourth-order valence-electron chi connectivity index (χ4n) is 3.43. The number of hydrogen-bond acceptors (Lipinski definition) is 4. The molecule has 0 amide bonds. The lowest BCUT2D eigenvalue weighted by Gasteiger charge is -2.01. The summed E-state index contributed by atoms with van der Waals surface area (Å²) < 4.78 is 0. The molecular weight excluding hydrogens is 447 g/mol. The lowest BCUT2D eigenvalue weighted by Crippen LogP contribution is -2.14. The Labute approximate surface area is 193 Å². The molecule has 0 fully saturated rings. The van der Waals surface area contributed by atoms with Crippen molar-refractivity contribution in [3.05, 3.63) is 117 Å². The molecule has 0 aliphatic heterocycles. The van der Waals surface area contributed by atoms with Gasteiger partial charge < -0.3 is 0 Å². The van der Waals surface area contributed by atoms with Crippen LogP contribution < -0.4 is 0 Å². The van der Waals surface area contributed by atoms with Crippen molar-refractivity contribution in [3.8, 4) is 0 Å². The van der Waals surface area contributed by atoms with E-state index < -0.39 is 11.6 Å². The van der Waals surface area contributed by atoms with Gasteiger partial charge in [-0.25, -0.2) is 0 Å². The first-order valence-electron chi connectivity index (χ1n) is 9.58. The Morgan fingerprint density at radius 1 is 0.531 bits per heavy atom. The average molecular weight is 461 g/mol. The number of carbonyl (C=O) groups excluding carboxylic acids is 4. The van der Waals surface area contributed by atoms with Crippen molar-refractivity contribution in [1.82, 2.24) is 0 Å². The molecule has 4 aromatic rings. The largest absolute Gasteiger partial charge is 0.285 e. The molecule has 32 heavy (non-hydrogen) atoms. The molecule has 156 valence electrons. The van der Waals surface area contributed by atoms with Gasteiger partial charge in [0, 0.05) is 37.7 Å². The van der Waals surface area contributed by atoms with E-state index in [-0.39, 0.29) is 11.6 Å². The van der Waals surface area contributed by atoms with E-state index >= 15 is 0 Å². The first kappa shape index (κ1) is 21.6. The molecule has 0 spiro atoms. The third-order valence-corrected chi connectivity index (χ3v) is 5.52. The predicted octanol–water partition coefficient (Wildman–Crippen LogP) is 6.28. The minimum atomic E-state index is -0.561. The molecule has 0 radical (unpaired) electrons. The first-order valence-corrected chi connectivity index (χ1v) is 10.3. The van der Waals surface area contributed by atoms with Gasteiger partial charge >= 0.3 is 0 Å². The maximum absolute atomic E-state index is 11.9. The summed E-state index contributed by atoms with van der Waals surface area (Å²) in [6, 6.07) is 23.2. The highest BCUT2D eigenvalue weighted by molar-refractivity contribution is 6.57. The highest BCUT2D eigenvalue weighted by atomic mass is 35.5. The first-order chi connectivity index (χ1) is 15.4. The summed E-state index contributed by atoms with van der Waals surface area (Å²) in [5.74, 6) is -1.88. The van der Waals surface area contributed by atoms with Gasteiger partial charge in [-0.2, -0.15) is 0 Å². The second-order valence-corrected chi connectivity index (χ2v) is 7.91. The van der Waals surface area contributed by atoms with Crippen LogP contribution in [-0.2, 0) is 0 Å². The monoisotopic (exact) mass is 460 g/mol. The zero-order valence-corrected chi connectivity index (χ0v) is 18.0. The van der Waals surface area contributed by atoms with E-state index in [9.17, 15) is 19.2 Å². The summed E-state index contributed by atoms with van der Waals surface area (Å²) in [4.78, 5) is 46.9. The summed E-state index contributed by atoms with van der Waals surface area (Å²) in [5.41, 5.74) is 1.73. The summed E-state index contributed by atoms with van der Waals surface area (Å²) >= 11 is 11.4. The van der Waals surface area contributed by atoms with Crippen molar-refractivity contribution in [2.45, 2.75) is 0 Å². The molecule has 0 atom stereocenters. The standard InChI is InChI=1S/C14H8Cl2O2.C12H6O2/c15-11-5-1-9(2-6-11)13(17)14(18)10-3-7-12(16)8-4-10;13-11-8-5-1-3-7-4-2-6-9(10(7)8)12(11)14/h1-8H;1-6H. The molecule has 5 rings (SSSR count). The lowest BCUT2D eigenvalue weighted by molar-refractivity contribution is 0.0817. The van der Waals surface area contributed by atoms with E-state index in [1.165, 1.54) is 24.3 Å². The van der Waals surface area contributed by atoms with Gasteiger partial charge in [0.1, 0.15) is 0 Å².